The summed E-state index contributed by atoms with van der Waals surface area (Å²) < 4.78 is 5.77. The fraction of sp³-hybridized carbons (Fsp3) is 0.462. The minimum atomic E-state index is -0.959. The van der Waals surface area contributed by atoms with E-state index in [0.29, 0.717) is 0 Å². The van der Waals surface area contributed by atoms with Crippen LogP contribution >= 0.6 is 0 Å². The first-order valence-electron chi connectivity index (χ1n) is 5.78. The van der Waals surface area contributed by atoms with Gasteiger partial charge in [-0.05, 0) is 37.1 Å². The maximum atomic E-state index is 10.4. The SMILES string of the molecule is Cc1ccc(OC2CC(NC(=O)O)C2)cc1C. The molecule has 0 radical (unpaired) electrons. The normalized spacial score (nSPS) is 22.7. The molecule has 0 saturated heterocycles. The van der Waals surface area contributed by atoms with E-state index in [9.17, 15) is 4.79 Å². The maximum absolute atomic E-state index is 10.4. The van der Waals surface area contributed by atoms with E-state index in [4.69, 9.17) is 9.84 Å². The molecule has 2 rings (SSSR count). The average Bonchev–Trinajstić information content (AvgIpc) is 2.19. The molecular formula is C13H17NO3. The number of carbonyl (C=O) groups is 1. The van der Waals surface area contributed by atoms with Crippen LogP contribution in [0.1, 0.15) is 24.0 Å². The van der Waals surface area contributed by atoms with Crippen molar-refractivity contribution in [3.05, 3.63) is 29.3 Å². The molecule has 17 heavy (non-hydrogen) atoms. The zero-order chi connectivity index (χ0) is 12.4. The summed E-state index contributed by atoms with van der Waals surface area (Å²) in [4.78, 5) is 10.4. The molecule has 1 aromatic rings. The van der Waals surface area contributed by atoms with E-state index >= 15 is 0 Å². The van der Waals surface area contributed by atoms with E-state index in [1.54, 1.807) is 0 Å². The molecule has 1 fully saturated rings. The first-order valence-corrected chi connectivity index (χ1v) is 5.78. The number of nitrogens with one attached hydrogen (secondary N) is 1. The number of carboxylic acid groups (broad SMARTS) is 1. The molecule has 1 aliphatic rings. The highest BCUT2D eigenvalue weighted by Crippen LogP contribution is 2.27. The van der Waals surface area contributed by atoms with Gasteiger partial charge in [-0.3, -0.25) is 0 Å². The van der Waals surface area contributed by atoms with E-state index < -0.39 is 6.09 Å². The molecule has 0 atom stereocenters. The molecule has 0 unspecified atom stereocenters. The van der Waals surface area contributed by atoms with Crippen LogP contribution in [-0.4, -0.2) is 23.3 Å². The molecule has 0 aliphatic heterocycles. The summed E-state index contributed by atoms with van der Waals surface area (Å²) in [6.45, 7) is 4.12. The third kappa shape index (κ3) is 2.90. The minimum absolute atomic E-state index is 0.0454. The van der Waals surface area contributed by atoms with Gasteiger partial charge in [0.15, 0.2) is 0 Å². The van der Waals surface area contributed by atoms with Gasteiger partial charge in [0.1, 0.15) is 11.9 Å². The summed E-state index contributed by atoms with van der Waals surface area (Å²) in [7, 11) is 0. The van der Waals surface area contributed by atoms with Crippen LogP contribution in [0.5, 0.6) is 5.75 Å². The standard InChI is InChI=1S/C13H17NO3/c1-8-3-4-11(5-9(8)2)17-12-6-10(7-12)14-13(15)16/h3-5,10,12,14H,6-7H2,1-2H3,(H,15,16). The van der Waals surface area contributed by atoms with E-state index in [1.807, 2.05) is 18.2 Å². The van der Waals surface area contributed by atoms with Crippen molar-refractivity contribution in [3.63, 3.8) is 0 Å². The highest BCUT2D eigenvalue weighted by atomic mass is 16.5. The highest BCUT2D eigenvalue weighted by molar-refractivity contribution is 5.65. The Hall–Kier alpha value is -1.71. The van der Waals surface area contributed by atoms with Gasteiger partial charge < -0.3 is 15.2 Å². The molecule has 0 heterocycles. The lowest BCUT2D eigenvalue weighted by atomic mass is 9.89. The van der Waals surface area contributed by atoms with Crippen LogP contribution in [0.15, 0.2) is 18.2 Å². The second-order valence-corrected chi connectivity index (χ2v) is 4.60. The van der Waals surface area contributed by atoms with Gasteiger partial charge in [-0.25, -0.2) is 4.79 Å². The third-order valence-corrected chi connectivity index (χ3v) is 3.20. The number of rotatable bonds is 3. The largest absolute Gasteiger partial charge is 0.490 e. The number of amides is 1. The van der Waals surface area contributed by atoms with Crippen molar-refractivity contribution in [2.75, 3.05) is 0 Å². The summed E-state index contributed by atoms with van der Waals surface area (Å²) in [6.07, 6.45) is 0.673. The fourth-order valence-corrected chi connectivity index (χ4v) is 1.93. The Morgan fingerprint density at radius 2 is 2.06 bits per heavy atom. The van der Waals surface area contributed by atoms with Crippen LogP contribution in [-0.2, 0) is 0 Å². The topological polar surface area (TPSA) is 58.6 Å². The van der Waals surface area contributed by atoms with Crippen LogP contribution in [0.2, 0.25) is 0 Å². The quantitative estimate of drug-likeness (QED) is 0.846. The molecule has 92 valence electrons. The first-order chi connectivity index (χ1) is 8.04. The Morgan fingerprint density at radius 1 is 1.35 bits per heavy atom. The lowest BCUT2D eigenvalue weighted by Crippen LogP contribution is -2.48. The monoisotopic (exact) mass is 235 g/mol. The van der Waals surface area contributed by atoms with Crippen molar-refractivity contribution >= 4 is 6.09 Å². The summed E-state index contributed by atoms with van der Waals surface area (Å²) in [5, 5.41) is 11.0. The van der Waals surface area contributed by atoms with Crippen LogP contribution in [0.4, 0.5) is 4.79 Å². The predicted octanol–water partition coefficient (Wildman–Crippen LogP) is 2.48. The Kier molecular flexibility index (Phi) is 3.22. The van der Waals surface area contributed by atoms with Crippen molar-refractivity contribution in [1.29, 1.82) is 0 Å². The molecule has 4 heteroatoms. The van der Waals surface area contributed by atoms with Crippen molar-refractivity contribution in [2.45, 2.75) is 38.8 Å². The van der Waals surface area contributed by atoms with Crippen molar-refractivity contribution < 1.29 is 14.6 Å². The van der Waals surface area contributed by atoms with Crippen LogP contribution in [0.3, 0.4) is 0 Å². The smallest absolute Gasteiger partial charge is 0.404 e. The molecule has 2 N–H and O–H groups in total. The average molecular weight is 235 g/mol. The zero-order valence-corrected chi connectivity index (χ0v) is 10.1. The molecule has 0 aromatic heterocycles. The third-order valence-electron chi connectivity index (χ3n) is 3.20. The van der Waals surface area contributed by atoms with Crippen LogP contribution in [0, 0.1) is 13.8 Å². The summed E-state index contributed by atoms with van der Waals surface area (Å²) >= 11 is 0. The van der Waals surface area contributed by atoms with E-state index in [2.05, 4.69) is 19.2 Å². The fourth-order valence-electron chi connectivity index (χ4n) is 1.93. The number of hydrogen-bond donors (Lipinski definition) is 2. The second-order valence-electron chi connectivity index (χ2n) is 4.60. The summed E-state index contributed by atoms with van der Waals surface area (Å²) in [5.41, 5.74) is 2.46. The summed E-state index contributed by atoms with van der Waals surface area (Å²) in [5.74, 6) is 0.867. The van der Waals surface area contributed by atoms with Gasteiger partial charge in [0.25, 0.3) is 0 Å². The van der Waals surface area contributed by atoms with Crippen LogP contribution < -0.4 is 10.1 Å². The van der Waals surface area contributed by atoms with Crippen molar-refractivity contribution in [1.82, 2.24) is 5.32 Å². The Labute approximate surface area is 101 Å². The second kappa shape index (κ2) is 4.65. The molecule has 1 amide bonds. The lowest BCUT2D eigenvalue weighted by molar-refractivity contribution is 0.0833. The van der Waals surface area contributed by atoms with Gasteiger partial charge in [-0.1, -0.05) is 6.07 Å². The van der Waals surface area contributed by atoms with Gasteiger partial charge in [0, 0.05) is 18.9 Å². The zero-order valence-electron chi connectivity index (χ0n) is 10.1. The number of benzene rings is 1. The minimum Gasteiger partial charge on any atom is -0.490 e. The van der Waals surface area contributed by atoms with E-state index in [0.717, 1.165) is 18.6 Å². The van der Waals surface area contributed by atoms with Gasteiger partial charge in [0.05, 0.1) is 0 Å². The Morgan fingerprint density at radius 3 is 2.65 bits per heavy atom. The summed E-state index contributed by atoms with van der Waals surface area (Å²) in [6, 6.07) is 6.06. The molecule has 0 bridgehead atoms. The maximum Gasteiger partial charge on any atom is 0.404 e. The Balaban J connectivity index is 1.83. The predicted molar refractivity (Wildman–Crippen MR) is 64.5 cm³/mol. The molecule has 1 saturated carbocycles. The number of ether oxygens (including phenoxy) is 1. The molecule has 0 spiro atoms. The van der Waals surface area contributed by atoms with Crippen molar-refractivity contribution in [2.24, 2.45) is 0 Å². The molecule has 4 nitrogen and oxygen atoms in total. The molecular weight excluding hydrogens is 218 g/mol. The van der Waals surface area contributed by atoms with Crippen LogP contribution in [0.25, 0.3) is 0 Å². The van der Waals surface area contributed by atoms with E-state index in [1.165, 1.54) is 11.1 Å². The first kappa shape index (κ1) is 11.8. The Bertz CT molecular complexity index is 425. The lowest BCUT2D eigenvalue weighted by Gasteiger charge is -2.35. The van der Waals surface area contributed by atoms with Crippen molar-refractivity contribution in [3.8, 4) is 5.75 Å². The number of hydrogen-bond acceptors (Lipinski definition) is 2. The highest BCUT2D eigenvalue weighted by Gasteiger charge is 2.31. The van der Waals surface area contributed by atoms with Gasteiger partial charge in [0.2, 0.25) is 0 Å². The van der Waals surface area contributed by atoms with Gasteiger partial charge in [-0.2, -0.15) is 0 Å². The van der Waals surface area contributed by atoms with Gasteiger partial charge >= 0.3 is 6.09 Å². The van der Waals surface area contributed by atoms with E-state index in [-0.39, 0.29) is 12.1 Å². The number of aryl methyl sites for hydroxylation is 2. The van der Waals surface area contributed by atoms with Gasteiger partial charge in [-0.15, -0.1) is 0 Å². The molecule has 1 aromatic carbocycles. The molecule has 1 aliphatic carbocycles.